The van der Waals surface area contributed by atoms with Gasteiger partial charge in [-0.15, -0.1) is 0 Å². The van der Waals surface area contributed by atoms with E-state index in [0.29, 0.717) is 17.1 Å². The van der Waals surface area contributed by atoms with E-state index >= 15 is 0 Å². The highest BCUT2D eigenvalue weighted by Crippen LogP contribution is 2.24. The minimum absolute atomic E-state index is 0.0962. The summed E-state index contributed by atoms with van der Waals surface area (Å²) in [5.74, 6) is 0.0235. The van der Waals surface area contributed by atoms with Gasteiger partial charge in [-0.25, -0.2) is 0 Å². The van der Waals surface area contributed by atoms with Crippen LogP contribution in [0.15, 0.2) is 18.2 Å². The quantitative estimate of drug-likeness (QED) is 0.764. The Balaban J connectivity index is 2.64. The third kappa shape index (κ3) is 4.87. The van der Waals surface area contributed by atoms with E-state index in [0.717, 1.165) is 0 Å². The molecular formula is C13H17NO5. The van der Waals surface area contributed by atoms with Gasteiger partial charge in [0.25, 0.3) is 0 Å². The summed E-state index contributed by atoms with van der Waals surface area (Å²) in [6, 6.07) is 5.18. The topological polar surface area (TPSA) is 84.9 Å². The van der Waals surface area contributed by atoms with Crippen LogP contribution in [0, 0.1) is 0 Å². The minimum Gasteiger partial charge on any atom is -0.497 e. The number of carboxylic acids is 1. The van der Waals surface area contributed by atoms with Gasteiger partial charge < -0.3 is 19.9 Å². The summed E-state index contributed by atoms with van der Waals surface area (Å²) < 4.78 is 10.2. The number of hydrogen-bond acceptors (Lipinski definition) is 4. The molecule has 0 aliphatic carbocycles. The van der Waals surface area contributed by atoms with Crippen LogP contribution in [0.1, 0.15) is 12.0 Å². The first-order valence-electron chi connectivity index (χ1n) is 5.76. The van der Waals surface area contributed by atoms with Gasteiger partial charge in [0.15, 0.2) is 0 Å². The maximum Gasteiger partial charge on any atom is 0.305 e. The van der Waals surface area contributed by atoms with Crippen molar-refractivity contribution in [2.24, 2.45) is 0 Å². The van der Waals surface area contributed by atoms with Crippen molar-refractivity contribution in [1.82, 2.24) is 5.32 Å². The van der Waals surface area contributed by atoms with Gasteiger partial charge in [-0.2, -0.15) is 0 Å². The lowest BCUT2D eigenvalue weighted by Gasteiger charge is -2.10. The molecule has 0 saturated carbocycles. The summed E-state index contributed by atoms with van der Waals surface area (Å²) in [4.78, 5) is 22.0. The van der Waals surface area contributed by atoms with Gasteiger partial charge >= 0.3 is 5.97 Å². The monoisotopic (exact) mass is 267 g/mol. The summed E-state index contributed by atoms with van der Waals surface area (Å²) in [5.41, 5.74) is 0.690. The van der Waals surface area contributed by atoms with E-state index < -0.39 is 5.97 Å². The zero-order valence-electron chi connectivity index (χ0n) is 10.9. The van der Waals surface area contributed by atoms with E-state index in [1.54, 1.807) is 25.3 Å². The zero-order chi connectivity index (χ0) is 14.3. The van der Waals surface area contributed by atoms with Crippen LogP contribution >= 0.6 is 0 Å². The van der Waals surface area contributed by atoms with Crippen molar-refractivity contribution in [3.8, 4) is 11.5 Å². The van der Waals surface area contributed by atoms with Crippen LogP contribution in [0.5, 0.6) is 11.5 Å². The summed E-state index contributed by atoms with van der Waals surface area (Å²) >= 11 is 0. The fourth-order valence-corrected chi connectivity index (χ4v) is 1.56. The Morgan fingerprint density at radius 1 is 1.26 bits per heavy atom. The zero-order valence-corrected chi connectivity index (χ0v) is 10.9. The Morgan fingerprint density at radius 3 is 2.58 bits per heavy atom. The molecule has 19 heavy (non-hydrogen) atoms. The van der Waals surface area contributed by atoms with Crippen LogP contribution in [-0.4, -0.2) is 37.7 Å². The Bertz CT molecular complexity index is 458. The number of carbonyl (C=O) groups excluding carboxylic acids is 1. The summed E-state index contributed by atoms with van der Waals surface area (Å²) in [6.07, 6.45) is 0.0149. The molecular weight excluding hydrogens is 250 g/mol. The molecule has 0 radical (unpaired) electrons. The standard InChI is InChI=1S/C13H17NO5/c1-18-10-3-4-11(19-2)9(7-10)8-12(15)14-6-5-13(16)17/h3-4,7H,5-6,8H2,1-2H3,(H,14,15)(H,16,17). The van der Waals surface area contributed by atoms with Gasteiger partial charge in [-0.05, 0) is 18.2 Å². The van der Waals surface area contributed by atoms with Crippen molar-refractivity contribution in [1.29, 1.82) is 0 Å². The van der Waals surface area contributed by atoms with Crippen molar-refractivity contribution in [3.05, 3.63) is 23.8 Å². The molecule has 0 heterocycles. The highest BCUT2D eigenvalue weighted by Gasteiger charge is 2.10. The van der Waals surface area contributed by atoms with Gasteiger partial charge in [-0.3, -0.25) is 9.59 Å². The molecule has 0 bridgehead atoms. The van der Waals surface area contributed by atoms with Gasteiger partial charge in [0.05, 0.1) is 27.1 Å². The molecule has 1 aromatic carbocycles. The van der Waals surface area contributed by atoms with Crippen LogP contribution < -0.4 is 14.8 Å². The molecule has 0 atom stereocenters. The second kappa shape index (κ2) is 7.25. The van der Waals surface area contributed by atoms with Crippen LogP contribution in [0.4, 0.5) is 0 Å². The van der Waals surface area contributed by atoms with Crippen molar-refractivity contribution < 1.29 is 24.2 Å². The Morgan fingerprint density at radius 2 is 2.00 bits per heavy atom. The highest BCUT2D eigenvalue weighted by atomic mass is 16.5. The maximum atomic E-state index is 11.7. The first kappa shape index (κ1) is 14.8. The molecule has 0 aromatic heterocycles. The molecule has 0 fully saturated rings. The lowest BCUT2D eigenvalue weighted by atomic mass is 10.1. The molecule has 0 unspecified atom stereocenters. The lowest BCUT2D eigenvalue weighted by Crippen LogP contribution is -2.27. The van der Waals surface area contributed by atoms with E-state index in [1.807, 2.05) is 0 Å². The highest BCUT2D eigenvalue weighted by molar-refractivity contribution is 5.80. The van der Waals surface area contributed by atoms with Gasteiger partial charge in [0, 0.05) is 12.1 Å². The summed E-state index contributed by atoms with van der Waals surface area (Å²) in [7, 11) is 3.06. The Kier molecular flexibility index (Phi) is 5.66. The molecule has 2 N–H and O–H groups in total. The molecule has 0 aliphatic rings. The van der Waals surface area contributed by atoms with E-state index in [4.69, 9.17) is 14.6 Å². The van der Waals surface area contributed by atoms with Crippen LogP contribution in [-0.2, 0) is 16.0 Å². The minimum atomic E-state index is -0.945. The fourth-order valence-electron chi connectivity index (χ4n) is 1.56. The number of carbonyl (C=O) groups is 2. The number of carboxylic acid groups (broad SMARTS) is 1. The molecule has 1 rings (SSSR count). The van der Waals surface area contributed by atoms with Crippen LogP contribution in [0.3, 0.4) is 0 Å². The number of amides is 1. The molecule has 0 spiro atoms. The van der Waals surface area contributed by atoms with E-state index in [1.165, 1.54) is 7.11 Å². The normalized spacial score (nSPS) is 9.79. The predicted octanol–water partition coefficient (Wildman–Crippen LogP) is 0.837. The molecule has 1 aromatic rings. The number of methoxy groups -OCH3 is 2. The number of hydrogen-bond donors (Lipinski definition) is 2. The fraction of sp³-hybridized carbons (Fsp3) is 0.385. The van der Waals surface area contributed by atoms with E-state index in [-0.39, 0.29) is 25.3 Å². The predicted molar refractivity (Wildman–Crippen MR) is 68.5 cm³/mol. The Labute approximate surface area is 111 Å². The van der Waals surface area contributed by atoms with Crippen molar-refractivity contribution in [3.63, 3.8) is 0 Å². The number of aliphatic carboxylic acids is 1. The van der Waals surface area contributed by atoms with Crippen molar-refractivity contribution >= 4 is 11.9 Å². The molecule has 6 nitrogen and oxygen atoms in total. The second-order valence-corrected chi connectivity index (χ2v) is 3.85. The molecule has 0 aliphatic heterocycles. The smallest absolute Gasteiger partial charge is 0.305 e. The first-order chi connectivity index (χ1) is 9.06. The van der Waals surface area contributed by atoms with Crippen LogP contribution in [0.2, 0.25) is 0 Å². The van der Waals surface area contributed by atoms with Gasteiger partial charge in [-0.1, -0.05) is 0 Å². The summed E-state index contributed by atoms with van der Waals surface area (Å²) in [5, 5.41) is 11.0. The lowest BCUT2D eigenvalue weighted by molar-refractivity contribution is -0.136. The largest absolute Gasteiger partial charge is 0.497 e. The third-order valence-electron chi connectivity index (χ3n) is 2.50. The van der Waals surface area contributed by atoms with E-state index in [9.17, 15) is 9.59 Å². The van der Waals surface area contributed by atoms with Crippen molar-refractivity contribution in [2.75, 3.05) is 20.8 Å². The Hall–Kier alpha value is -2.24. The van der Waals surface area contributed by atoms with Crippen LogP contribution in [0.25, 0.3) is 0 Å². The average Bonchev–Trinajstić information content (AvgIpc) is 2.38. The second-order valence-electron chi connectivity index (χ2n) is 3.85. The number of nitrogens with one attached hydrogen (secondary N) is 1. The number of benzene rings is 1. The molecule has 6 heteroatoms. The first-order valence-corrected chi connectivity index (χ1v) is 5.76. The molecule has 1 amide bonds. The number of ether oxygens (including phenoxy) is 2. The molecule has 104 valence electrons. The van der Waals surface area contributed by atoms with Gasteiger partial charge in [0.2, 0.25) is 5.91 Å². The SMILES string of the molecule is COc1ccc(OC)c(CC(=O)NCCC(=O)O)c1. The number of rotatable bonds is 7. The van der Waals surface area contributed by atoms with Gasteiger partial charge in [0.1, 0.15) is 11.5 Å². The third-order valence-corrected chi connectivity index (χ3v) is 2.50. The average molecular weight is 267 g/mol. The van der Waals surface area contributed by atoms with Crippen molar-refractivity contribution in [2.45, 2.75) is 12.8 Å². The summed E-state index contributed by atoms with van der Waals surface area (Å²) in [6.45, 7) is 0.112. The molecule has 0 saturated heterocycles. The maximum absolute atomic E-state index is 11.7. The van der Waals surface area contributed by atoms with E-state index in [2.05, 4.69) is 5.32 Å².